The van der Waals surface area contributed by atoms with Gasteiger partial charge in [0, 0.05) is 6.54 Å². The van der Waals surface area contributed by atoms with Crippen molar-refractivity contribution in [1.82, 2.24) is 5.32 Å². The summed E-state index contributed by atoms with van der Waals surface area (Å²) in [7, 11) is 0. The molecule has 0 rings (SSSR count). The molecule has 0 aliphatic heterocycles. The Morgan fingerprint density at radius 2 is 1.82 bits per heavy atom. The molecule has 17 heavy (non-hydrogen) atoms. The third-order valence-corrected chi connectivity index (χ3v) is 2.60. The van der Waals surface area contributed by atoms with Gasteiger partial charge in [-0.05, 0) is 12.8 Å². The number of unbranched alkanes of at least 4 members (excludes halogenated alkanes) is 6. The molecule has 0 aromatic heterocycles. The fraction of sp³-hybridized carbons (Fsp3) is 0.786. The number of nitrogens with one attached hydrogen (secondary N) is 1. The summed E-state index contributed by atoms with van der Waals surface area (Å²) in [5.74, 6) is 0. The van der Waals surface area contributed by atoms with Gasteiger partial charge in [-0.25, -0.2) is 4.79 Å². The van der Waals surface area contributed by atoms with Crippen LogP contribution in [-0.4, -0.2) is 19.2 Å². The van der Waals surface area contributed by atoms with Crippen molar-refractivity contribution in [2.75, 3.05) is 13.2 Å². The molecule has 0 fully saturated rings. The monoisotopic (exact) mass is 241 g/mol. The molecule has 0 radical (unpaired) electrons. The molecule has 100 valence electrons. The van der Waals surface area contributed by atoms with Crippen LogP contribution in [-0.2, 0) is 4.74 Å². The van der Waals surface area contributed by atoms with Gasteiger partial charge in [0.15, 0.2) is 0 Å². The van der Waals surface area contributed by atoms with Crippen molar-refractivity contribution >= 4 is 6.09 Å². The minimum Gasteiger partial charge on any atom is -0.449 e. The molecule has 0 spiro atoms. The largest absolute Gasteiger partial charge is 0.449 e. The van der Waals surface area contributed by atoms with Crippen LogP contribution in [0, 0.1) is 0 Å². The fourth-order valence-electron chi connectivity index (χ4n) is 1.56. The summed E-state index contributed by atoms with van der Waals surface area (Å²) in [5.41, 5.74) is 0. The summed E-state index contributed by atoms with van der Waals surface area (Å²) in [5, 5.41) is 2.75. The number of rotatable bonds is 11. The lowest BCUT2D eigenvalue weighted by atomic mass is 10.1. The third kappa shape index (κ3) is 12.9. The minimum absolute atomic E-state index is 0.308. The first-order chi connectivity index (χ1) is 8.31. The highest BCUT2D eigenvalue weighted by atomic mass is 16.5. The number of ether oxygens (including phenoxy) is 1. The van der Waals surface area contributed by atoms with Gasteiger partial charge in [0.2, 0.25) is 0 Å². The molecule has 1 amide bonds. The topological polar surface area (TPSA) is 38.3 Å². The first-order valence-electron chi connectivity index (χ1n) is 6.82. The van der Waals surface area contributed by atoms with Gasteiger partial charge in [-0.1, -0.05) is 51.5 Å². The Labute approximate surface area is 106 Å². The molecule has 0 heterocycles. The molecule has 0 aromatic rings. The molecule has 0 saturated heterocycles. The number of carbonyl (C=O) groups excluding carboxylic acids is 1. The second kappa shape index (κ2) is 13.1. The lowest BCUT2D eigenvalue weighted by Gasteiger charge is -2.05. The Morgan fingerprint density at radius 1 is 1.18 bits per heavy atom. The van der Waals surface area contributed by atoms with Crippen molar-refractivity contribution in [3.63, 3.8) is 0 Å². The van der Waals surface area contributed by atoms with Gasteiger partial charge in [-0.2, -0.15) is 0 Å². The third-order valence-electron chi connectivity index (χ3n) is 2.60. The van der Waals surface area contributed by atoms with Crippen molar-refractivity contribution in [2.45, 2.75) is 58.3 Å². The maximum Gasteiger partial charge on any atom is 0.407 e. The molecule has 0 aliphatic rings. The number of alkyl carbamates (subject to hydrolysis) is 1. The molecule has 0 bridgehead atoms. The van der Waals surface area contributed by atoms with Crippen LogP contribution < -0.4 is 5.32 Å². The van der Waals surface area contributed by atoms with E-state index in [0.29, 0.717) is 13.0 Å². The van der Waals surface area contributed by atoms with Crippen molar-refractivity contribution in [3.8, 4) is 0 Å². The van der Waals surface area contributed by atoms with Crippen molar-refractivity contribution in [1.29, 1.82) is 0 Å². The van der Waals surface area contributed by atoms with E-state index in [-0.39, 0.29) is 6.09 Å². The molecule has 0 atom stereocenters. The quantitative estimate of drug-likeness (QED) is 0.438. The van der Waals surface area contributed by atoms with Gasteiger partial charge in [0.1, 0.15) is 0 Å². The van der Waals surface area contributed by atoms with E-state index in [4.69, 9.17) is 4.74 Å². The van der Waals surface area contributed by atoms with Crippen molar-refractivity contribution in [2.24, 2.45) is 0 Å². The highest BCUT2D eigenvalue weighted by Crippen LogP contribution is 2.06. The molecule has 0 saturated carbocycles. The summed E-state index contributed by atoms with van der Waals surface area (Å²) >= 11 is 0. The highest BCUT2D eigenvalue weighted by molar-refractivity contribution is 5.66. The number of hydrogen-bond acceptors (Lipinski definition) is 2. The Bertz CT molecular complexity index is 193. The van der Waals surface area contributed by atoms with Gasteiger partial charge >= 0.3 is 6.09 Å². The van der Waals surface area contributed by atoms with Gasteiger partial charge in [-0.15, -0.1) is 6.58 Å². The number of amides is 1. The average Bonchev–Trinajstić information content (AvgIpc) is 2.33. The Morgan fingerprint density at radius 3 is 2.47 bits per heavy atom. The average molecular weight is 241 g/mol. The van der Waals surface area contributed by atoms with Crippen LogP contribution in [0.4, 0.5) is 4.79 Å². The maximum absolute atomic E-state index is 11.1. The van der Waals surface area contributed by atoms with E-state index >= 15 is 0 Å². The van der Waals surface area contributed by atoms with Gasteiger partial charge in [-0.3, -0.25) is 0 Å². The predicted octanol–water partition coefficient (Wildman–Crippen LogP) is 4.04. The molecular weight excluding hydrogens is 214 g/mol. The van der Waals surface area contributed by atoms with Crippen LogP contribution in [0.15, 0.2) is 12.7 Å². The van der Waals surface area contributed by atoms with E-state index in [2.05, 4.69) is 18.8 Å². The number of hydrogen-bond donors (Lipinski definition) is 1. The smallest absolute Gasteiger partial charge is 0.407 e. The van der Waals surface area contributed by atoms with Gasteiger partial charge in [0.05, 0.1) is 6.61 Å². The first-order valence-corrected chi connectivity index (χ1v) is 6.82. The van der Waals surface area contributed by atoms with Crippen LogP contribution in [0.25, 0.3) is 0 Å². The summed E-state index contributed by atoms with van der Waals surface area (Å²) in [6, 6.07) is 0. The van der Waals surface area contributed by atoms with E-state index in [1.165, 1.54) is 38.5 Å². The van der Waals surface area contributed by atoms with Crippen LogP contribution in [0.2, 0.25) is 0 Å². The Hall–Kier alpha value is -0.990. The van der Waals surface area contributed by atoms with E-state index in [0.717, 1.165) is 13.0 Å². The molecule has 3 nitrogen and oxygen atoms in total. The summed E-state index contributed by atoms with van der Waals surface area (Å²) in [6.45, 7) is 6.93. The zero-order valence-corrected chi connectivity index (χ0v) is 11.2. The van der Waals surface area contributed by atoms with E-state index in [9.17, 15) is 4.79 Å². The fourth-order valence-corrected chi connectivity index (χ4v) is 1.56. The second-order valence-corrected chi connectivity index (χ2v) is 4.26. The summed E-state index contributed by atoms with van der Waals surface area (Å²) in [4.78, 5) is 11.1. The summed E-state index contributed by atoms with van der Waals surface area (Å²) < 4.78 is 4.92. The first kappa shape index (κ1) is 16.0. The van der Waals surface area contributed by atoms with Crippen LogP contribution >= 0.6 is 0 Å². The maximum atomic E-state index is 11.1. The van der Waals surface area contributed by atoms with Gasteiger partial charge in [0.25, 0.3) is 0 Å². The zero-order chi connectivity index (χ0) is 12.8. The molecular formula is C14H27NO2. The summed E-state index contributed by atoms with van der Waals surface area (Å²) in [6.07, 6.45) is 10.9. The van der Waals surface area contributed by atoms with Crippen LogP contribution in [0.1, 0.15) is 58.3 Å². The lowest BCUT2D eigenvalue weighted by molar-refractivity contribution is 0.148. The van der Waals surface area contributed by atoms with Crippen molar-refractivity contribution < 1.29 is 9.53 Å². The SMILES string of the molecule is C=CCCOC(=O)NCCCCCCCCC. The Balaban J connectivity index is 3.11. The molecule has 3 heteroatoms. The molecule has 1 N–H and O–H groups in total. The van der Waals surface area contributed by atoms with E-state index in [1.807, 2.05) is 0 Å². The van der Waals surface area contributed by atoms with E-state index < -0.39 is 0 Å². The molecule has 0 aliphatic carbocycles. The Kier molecular flexibility index (Phi) is 12.3. The standard InChI is InChI=1S/C14H27NO2/c1-3-5-7-8-9-10-11-12-15-14(16)17-13-6-4-2/h4H,2-3,5-13H2,1H3,(H,15,16). The zero-order valence-electron chi connectivity index (χ0n) is 11.2. The van der Waals surface area contributed by atoms with E-state index in [1.54, 1.807) is 6.08 Å². The normalized spacial score (nSPS) is 9.94. The molecule has 0 unspecified atom stereocenters. The lowest BCUT2D eigenvalue weighted by Crippen LogP contribution is -2.25. The van der Waals surface area contributed by atoms with Crippen LogP contribution in [0.3, 0.4) is 0 Å². The molecule has 0 aromatic carbocycles. The predicted molar refractivity (Wildman–Crippen MR) is 72.2 cm³/mol. The van der Waals surface area contributed by atoms with Crippen LogP contribution in [0.5, 0.6) is 0 Å². The number of carbonyl (C=O) groups is 1. The minimum atomic E-state index is -0.308. The van der Waals surface area contributed by atoms with Crippen molar-refractivity contribution in [3.05, 3.63) is 12.7 Å². The van der Waals surface area contributed by atoms with Gasteiger partial charge < -0.3 is 10.1 Å². The highest BCUT2D eigenvalue weighted by Gasteiger charge is 1.99. The second-order valence-electron chi connectivity index (χ2n) is 4.26.